The second-order valence-electron chi connectivity index (χ2n) is 6.44. The SMILES string of the molecule is CCN1C(=O)CCC[C@@]12CCCN(C(=O)c1ccoc1C)C2. The second-order valence-corrected chi connectivity index (χ2v) is 6.44. The fourth-order valence-electron chi connectivity index (χ4n) is 4.10. The number of likely N-dealkylation sites (N-methyl/N-ethyl adjacent to an activating group) is 1. The number of carbonyl (C=O) groups is 2. The van der Waals surface area contributed by atoms with Gasteiger partial charge in [0.25, 0.3) is 5.91 Å². The fraction of sp³-hybridized carbons (Fsp3) is 0.647. The number of nitrogens with zero attached hydrogens (tertiary/aromatic N) is 2. The molecule has 3 rings (SSSR count). The third kappa shape index (κ3) is 2.42. The molecule has 0 aliphatic carbocycles. The normalized spacial score (nSPS) is 25.8. The van der Waals surface area contributed by atoms with E-state index in [1.807, 2.05) is 23.6 Å². The topological polar surface area (TPSA) is 53.8 Å². The van der Waals surface area contributed by atoms with Gasteiger partial charge >= 0.3 is 0 Å². The lowest BCUT2D eigenvalue weighted by atomic mass is 9.79. The van der Waals surface area contributed by atoms with E-state index in [2.05, 4.69) is 0 Å². The Morgan fingerprint density at radius 3 is 2.82 bits per heavy atom. The lowest BCUT2D eigenvalue weighted by Gasteiger charge is -2.51. The van der Waals surface area contributed by atoms with Gasteiger partial charge < -0.3 is 14.2 Å². The number of amides is 2. The van der Waals surface area contributed by atoms with Crippen LogP contribution in [-0.2, 0) is 4.79 Å². The van der Waals surface area contributed by atoms with Crippen LogP contribution in [0.25, 0.3) is 0 Å². The van der Waals surface area contributed by atoms with Gasteiger partial charge in [-0.3, -0.25) is 9.59 Å². The molecule has 1 atom stereocenters. The Hall–Kier alpha value is -1.78. The van der Waals surface area contributed by atoms with Crippen molar-refractivity contribution in [2.24, 2.45) is 0 Å². The van der Waals surface area contributed by atoms with Crippen molar-refractivity contribution in [2.75, 3.05) is 19.6 Å². The van der Waals surface area contributed by atoms with Crippen LogP contribution in [0.3, 0.4) is 0 Å². The van der Waals surface area contributed by atoms with Crippen molar-refractivity contribution in [2.45, 2.75) is 51.5 Å². The van der Waals surface area contributed by atoms with E-state index in [-0.39, 0.29) is 17.4 Å². The van der Waals surface area contributed by atoms with Crippen LogP contribution < -0.4 is 0 Å². The van der Waals surface area contributed by atoms with Gasteiger partial charge in [-0.05, 0) is 45.6 Å². The molecule has 0 N–H and O–H groups in total. The molecule has 22 heavy (non-hydrogen) atoms. The van der Waals surface area contributed by atoms with Gasteiger partial charge in [0.1, 0.15) is 5.76 Å². The standard InChI is InChI=1S/C17H24N2O3/c1-3-19-15(20)6-4-8-17(19)9-5-10-18(12-17)16(21)14-7-11-22-13(14)2/h7,11H,3-6,8-10,12H2,1-2H3/t17-/m0/s1. The highest BCUT2D eigenvalue weighted by molar-refractivity contribution is 5.95. The van der Waals surface area contributed by atoms with Crippen molar-refractivity contribution in [1.82, 2.24) is 9.80 Å². The van der Waals surface area contributed by atoms with Gasteiger partial charge in [0.15, 0.2) is 0 Å². The molecule has 3 heterocycles. The zero-order valence-electron chi connectivity index (χ0n) is 13.4. The highest BCUT2D eigenvalue weighted by Crippen LogP contribution is 2.37. The van der Waals surface area contributed by atoms with E-state index in [1.165, 1.54) is 0 Å². The quantitative estimate of drug-likeness (QED) is 0.844. The zero-order valence-corrected chi connectivity index (χ0v) is 13.4. The predicted octanol–water partition coefficient (Wildman–Crippen LogP) is 2.60. The number of aryl methyl sites for hydroxylation is 1. The minimum atomic E-state index is -0.157. The van der Waals surface area contributed by atoms with Crippen molar-refractivity contribution >= 4 is 11.8 Å². The first-order valence-electron chi connectivity index (χ1n) is 8.21. The summed E-state index contributed by atoms with van der Waals surface area (Å²) < 4.78 is 5.26. The van der Waals surface area contributed by atoms with Crippen molar-refractivity contribution in [3.05, 3.63) is 23.7 Å². The average Bonchev–Trinajstić information content (AvgIpc) is 2.93. The number of carbonyl (C=O) groups excluding carboxylic acids is 2. The Kier molecular flexibility index (Phi) is 3.98. The molecule has 0 bridgehead atoms. The number of likely N-dealkylation sites (tertiary alicyclic amines) is 2. The largest absolute Gasteiger partial charge is 0.469 e. The van der Waals surface area contributed by atoms with Crippen LogP contribution in [0.15, 0.2) is 16.7 Å². The van der Waals surface area contributed by atoms with Crippen LogP contribution in [0.2, 0.25) is 0 Å². The molecule has 2 amide bonds. The highest BCUT2D eigenvalue weighted by Gasteiger charge is 2.45. The molecule has 0 radical (unpaired) electrons. The lowest BCUT2D eigenvalue weighted by Crippen LogP contribution is -2.63. The molecule has 0 unspecified atom stereocenters. The molecule has 1 aromatic heterocycles. The number of hydrogen-bond donors (Lipinski definition) is 0. The Balaban J connectivity index is 1.83. The molecular formula is C17H24N2O3. The lowest BCUT2D eigenvalue weighted by molar-refractivity contribution is -0.144. The Morgan fingerprint density at radius 1 is 1.36 bits per heavy atom. The Labute approximate surface area is 131 Å². The average molecular weight is 304 g/mol. The van der Waals surface area contributed by atoms with Crippen molar-refractivity contribution in [3.8, 4) is 0 Å². The maximum atomic E-state index is 12.7. The summed E-state index contributed by atoms with van der Waals surface area (Å²) in [5.74, 6) is 0.929. The molecule has 5 heteroatoms. The summed E-state index contributed by atoms with van der Waals surface area (Å²) in [6.45, 7) is 5.99. The van der Waals surface area contributed by atoms with Gasteiger partial charge in [0, 0.05) is 26.1 Å². The molecule has 5 nitrogen and oxygen atoms in total. The summed E-state index contributed by atoms with van der Waals surface area (Å²) >= 11 is 0. The number of hydrogen-bond acceptors (Lipinski definition) is 3. The molecule has 2 fully saturated rings. The minimum Gasteiger partial charge on any atom is -0.469 e. The van der Waals surface area contributed by atoms with Crippen LogP contribution >= 0.6 is 0 Å². The summed E-state index contributed by atoms with van der Waals surface area (Å²) in [5, 5.41) is 0. The van der Waals surface area contributed by atoms with Gasteiger partial charge in [-0.2, -0.15) is 0 Å². The molecule has 0 aromatic carbocycles. The molecular weight excluding hydrogens is 280 g/mol. The van der Waals surface area contributed by atoms with E-state index in [4.69, 9.17) is 4.42 Å². The van der Waals surface area contributed by atoms with E-state index >= 15 is 0 Å². The maximum Gasteiger partial charge on any atom is 0.257 e. The maximum absolute atomic E-state index is 12.7. The molecule has 1 aromatic rings. The van der Waals surface area contributed by atoms with Gasteiger partial charge in [-0.1, -0.05) is 0 Å². The van der Waals surface area contributed by atoms with Crippen LogP contribution in [0.4, 0.5) is 0 Å². The molecule has 0 saturated carbocycles. The Bertz CT molecular complexity index is 576. The van der Waals surface area contributed by atoms with Crippen LogP contribution in [0, 0.1) is 6.92 Å². The minimum absolute atomic E-state index is 0.0272. The van der Waals surface area contributed by atoms with E-state index in [0.717, 1.165) is 38.8 Å². The summed E-state index contributed by atoms with van der Waals surface area (Å²) in [4.78, 5) is 28.9. The first-order valence-corrected chi connectivity index (χ1v) is 8.21. The molecule has 2 aliphatic rings. The fourth-order valence-corrected chi connectivity index (χ4v) is 4.10. The number of rotatable bonds is 2. The van der Waals surface area contributed by atoms with E-state index in [1.54, 1.807) is 12.3 Å². The third-order valence-corrected chi connectivity index (χ3v) is 5.15. The van der Waals surface area contributed by atoms with Gasteiger partial charge in [0.2, 0.25) is 5.91 Å². The second kappa shape index (κ2) is 5.78. The summed E-state index contributed by atoms with van der Waals surface area (Å²) in [6, 6.07) is 1.74. The van der Waals surface area contributed by atoms with Crippen LogP contribution in [0.1, 0.15) is 55.1 Å². The number of piperidine rings is 2. The molecule has 2 saturated heterocycles. The van der Waals surface area contributed by atoms with Crippen molar-refractivity contribution < 1.29 is 14.0 Å². The summed E-state index contributed by atoms with van der Waals surface area (Å²) in [7, 11) is 0. The van der Waals surface area contributed by atoms with Gasteiger partial charge in [0.05, 0.1) is 17.4 Å². The van der Waals surface area contributed by atoms with Crippen LogP contribution in [-0.4, -0.2) is 46.8 Å². The van der Waals surface area contributed by atoms with E-state index in [9.17, 15) is 9.59 Å². The predicted molar refractivity (Wildman–Crippen MR) is 82.6 cm³/mol. The van der Waals surface area contributed by atoms with Crippen LogP contribution in [0.5, 0.6) is 0 Å². The number of furan rings is 1. The highest BCUT2D eigenvalue weighted by atomic mass is 16.3. The first kappa shape index (κ1) is 15.1. The summed E-state index contributed by atoms with van der Waals surface area (Å²) in [6.07, 6.45) is 6.09. The molecule has 1 spiro atoms. The first-order chi connectivity index (χ1) is 10.6. The molecule has 2 aliphatic heterocycles. The third-order valence-electron chi connectivity index (χ3n) is 5.15. The van der Waals surface area contributed by atoms with Gasteiger partial charge in [-0.15, -0.1) is 0 Å². The molecule has 120 valence electrons. The van der Waals surface area contributed by atoms with E-state index in [0.29, 0.717) is 24.3 Å². The van der Waals surface area contributed by atoms with Crippen molar-refractivity contribution in [3.63, 3.8) is 0 Å². The van der Waals surface area contributed by atoms with E-state index < -0.39 is 0 Å². The smallest absolute Gasteiger partial charge is 0.257 e. The van der Waals surface area contributed by atoms with Crippen molar-refractivity contribution in [1.29, 1.82) is 0 Å². The monoisotopic (exact) mass is 304 g/mol. The van der Waals surface area contributed by atoms with Gasteiger partial charge in [-0.25, -0.2) is 0 Å². The zero-order chi connectivity index (χ0) is 15.7. The summed E-state index contributed by atoms with van der Waals surface area (Å²) in [5.41, 5.74) is 0.484. The Morgan fingerprint density at radius 2 is 2.14 bits per heavy atom.